The molecular formula is C15H31NO. The van der Waals surface area contributed by atoms with E-state index in [-0.39, 0.29) is 0 Å². The summed E-state index contributed by atoms with van der Waals surface area (Å²) < 4.78 is 5.66. The van der Waals surface area contributed by atoms with Gasteiger partial charge >= 0.3 is 0 Å². The van der Waals surface area contributed by atoms with E-state index in [0.717, 1.165) is 5.92 Å². The minimum absolute atomic E-state index is 0.454. The summed E-state index contributed by atoms with van der Waals surface area (Å²) in [5.74, 6) is 0.831. The highest BCUT2D eigenvalue weighted by molar-refractivity contribution is 4.89. The molecule has 2 unspecified atom stereocenters. The third kappa shape index (κ3) is 5.87. The minimum Gasteiger partial charge on any atom is -0.380 e. The zero-order valence-corrected chi connectivity index (χ0v) is 12.0. The largest absolute Gasteiger partial charge is 0.380 e. The Morgan fingerprint density at radius 1 is 1.12 bits per heavy atom. The molecule has 0 heterocycles. The Bertz CT molecular complexity index is 180. The Hall–Kier alpha value is -0.0800. The van der Waals surface area contributed by atoms with Gasteiger partial charge in [0.25, 0.3) is 0 Å². The third-order valence-electron chi connectivity index (χ3n) is 3.99. The van der Waals surface area contributed by atoms with Gasteiger partial charge in [0.1, 0.15) is 0 Å². The van der Waals surface area contributed by atoms with Crippen LogP contribution in [0.15, 0.2) is 0 Å². The zero-order valence-electron chi connectivity index (χ0n) is 12.0. The van der Waals surface area contributed by atoms with Crippen molar-refractivity contribution < 1.29 is 4.74 Å². The fourth-order valence-electron chi connectivity index (χ4n) is 2.73. The molecule has 1 N–H and O–H groups in total. The average Bonchev–Trinajstić information content (AvgIpc) is 3.16. The minimum atomic E-state index is 0.454. The molecule has 2 nitrogen and oxygen atoms in total. The molecule has 0 spiro atoms. The quantitative estimate of drug-likeness (QED) is 0.556. The van der Waals surface area contributed by atoms with Gasteiger partial charge in [-0.15, -0.1) is 0 Å². The Labute approximate surface area is 108 Å². The van der Waals surface area contributed by atoms with E-state index in [1.807, 2.05) is 7.11 Å². The van der Waals surface area contributed by atoms with Crippen LogP contribution in [0.3, 0.4) is 0 Å². The molecule has 1 fully saturated rings. The average molecular weight is 241 g/mol. The molecule has 0 aromatic carbocycles. The van der Waals surface area contributed by atoms with Crippen LogP contribution in [0.1, 0.15) is 64.7 Å². The van der Waals surface area contributed by atoms with Crippen molar-refractivity contribution >= 4 is 0 Å². The standard InChI is InChI=1S/C15H31NO/c1-4-5-6-7-8-9-10-14(16-2)15(17-3)13-11-12-13/h13-16H,4-12H2,1-3H3. The fourth-order valence-corrected chi connectivity index (χ4v) is 2.73. The van der Waals surface area contributed by atoms with E-state index in [4.69, 9.17) is 4.74 Å². The summed E-state index contributed by atoms with van der Waals surface area (Å²) in [6, 6.07) is 0.568. The molecule has 1 aliphatic rings. The van der Waals surface area contributed by atoms with Crippen molar-refractivity contribution in [2.45, 2.75) is 76.9 Å². The Kier molecular flexibility index (Phi) is 7.87. The smallest absolute Gasteiger partial charge is 0.0752 e. The number of methoxy groups -OCH3 is 1. The summed E-state index contributed by atoms with van der Waals surface area (Å²) in [7, 11) is 3.95. The van der Waals surface area contributed by atoms with Crippen molar-refractivity contribution in [3.8, 4) is 0 Å². The number of nitrogens with one attached hydrogen (secondary N) is 1. The van der Waals surface area contributed by atoms with Crippen molar-refractivity contribution in [2.75, 3.05) is 14.2 Å². The van der Waals surface area contributed by atoms with E-state index in [9.17, 15) is 0 Å². The van der Waals surface area contributed by atoms with Gasteiger partial charge in [-0.1, -0.05) is 45.4 Å². The van der Waals surface area contributed by atoms with Crippen LogP contribution in [0.5, 0.6) is 0 Å². The van der Waals surface area contributed by atoms with Crippen LogP contribution >= 0.6 is 0 Å². The van der Waals surface area contributed by atoms with Gasteiger partial charge < -0.3 is 10.1 Å². The van der Waals surface area contributed by atoms with E-state index in [2.05, 4.69) is 19.3 Å². The first-order chi connectivity index (χ1) is 8.33. The number of hydrogen-bond acceptors (Lipinski definition) is 2. The molecule has 0 aromatic rings. The lowest BCUT2D eigenvalue weighted by atomic mass is 9.99. The van der Waals surface area contributed by atoms with Crippen LogP contribution in [-0.4, -0.2) is 26.3 Å². The van der Waals surface area contributed by atoms with Gasteiger partial charge in [-0.2, -0.15) is 0 Å². The number of hydrogen-bond donors (Lipinski definition) is 1. The summed E-state index contributed by atoms with van der Waals surface area (Å²) in [6.45, 7) is 2.27. The molecule has 0 bridgehead atoms. The summed E-state index contributed by atoms with van der Waals surface area (Å²) in [5, 5.41) is 3.45. The predicted octanol–water partition coefficient (Wildman–Crippen LogP) is 3.75. The van der Waals surface area contributed by atoms with Gasteiger partial charge in [0.05, 0.1) is 6.10 Å². The van der Waals surface area contributed by atoms with Gasteiger partial charge in [-0.3, -0.25) is 0 Å². The monoisotopic (exact) mass is 241 g/mol. The van der Waals surface area contributed by atoms with Gasteiger partial charge in [-0.25, -0.2) is 0 Å². The summed E-state index contributed by atoms with van der Waals surface area (Å²) >= 11 is 0. The molecule has 0 saturated heterocycles. The molecule has 1 saturated carbocycles. The SMILES string of the molecule is CCCCCCCCC(NC)C(OC)C1CC1. The first-order valence-electron chi connectivity index (χ1n) is 7.53. The molecule has 102 valence electrons. The molecule has 2 heteroatoms. The molecule has 0 radical (unpaired) electrons. The summed E-state index contributed by atoms with van der Waals surface area (Å²) in [4.78, 5) is 0. The normalized spacial score (nSPS) is 19.2. The van der Waals surface area contributed by atoms with E-state index >= 15 is 0 Å². The molecule has 2 atom stereocenters. The maximum Gasteiger partial charge on any atom is 0.0752 e. The molecule has 1 rings (SSSR count). The number of ether oxygens (including phenoxy) is 1. The van der Waals surface area contributed by atoms with Gasteiger partial charge in [0, 0.05) is 13.2 Å². The maximum absolute atomic E-state index is 5.66. The van der Waals surface area contributed by atoms with Crippen LogP contribution in [0.4, 0.5) is 0 Å². The molecule has 17 heavy (non-hydrogen) atoms. The highest BCUT2D eigenvalue weighted by atomic mass is 16.5. The Morgan fingerprint density at radius 3 is 2.29 bits per heavy atom. The highest BCUT2D eigenvalue weighted by Gasteiger charge is 2.35. The lowest BCUT2D eigenvalue weighted by Gasteiger charge is -2.25. The maximum atomic E-state index is 5.66. The van der Waals surface area contributed by atoms with Gasteiger partial charge in [0.15, 0.2) is 0 Å². The van der Waals surface area contributed by atoms with Gasteiger partial charge in [0.2, 0.25) is 0 Å². The van der Waals surface area contributed by atoms with Gasteiger partial charge in [-0.05, 0) is 32.2 Å². The molecule has 0 aromatic heterocycles. The first-order valence-corrected chi connectivity index (χ1v) is 7.53. The Morgan fingerprint density at radius 2 is 1.76 bits per heavy atom. The summed E-state index contributed by atoms with van der Waals surface area (Å²) in [5.41, 5.74) is 0. The summed E-state index contributed by atoms with van der Waals surface area (Å²) in [6.07, 6.45) is 12.8. The van der Waals surface area contributed by atoms with E-state index in [1.54, 1.807) is 0 Å². The van der Waals surface area contributed by atoms with Crippen LogP contribution in [0.2, 0.25) is 0 Å². The second-order valence-electron chi connectivity index (χ2n) is 5.49. The second-order valence-corrected chi connectivity index (χ2v) is 5.49. The van der Waals surface area contributed by atoms with Crippen molar-refractivity contribution in [3.63, 3.8) is 0 Å². The fraction of sp³-hybridized carbons (Fsp3) is 1.00. The van der Waals surface area contributed by atoms with E-state index in [1.165, 1.54) is 57.8 Å². The van der Waals surface area contributed by atoms with Crippen LogP contribution in [0.25, 0.3) is 0 Å². The van der Waals surface area contributed by atoms with Crippen molar-refractivity contribution in [2.24, 2.45) is 5.92 Å². The molecule has 0 aliphatic heterocycles. The number of unbranched alkanes of at least 4 members (excludes halogenated alkanes) is 5. The van der Waals surface area contributed by atoms with E-state index < -0.39 is 0 Å². The lowest BCUT2D eigenvalue weighted by Crippen LogP contribution is -2.40. The first kappa shape index (κ1) is 15.0. The zero-order chi connectivity index (χ0) is 12.5. The number of rotatable bonds is 11. The van der Waals surface area contributed by atoms with E-state index in [0.29, 0.717) is 12.1 Å². The number of likely N-dealkylation sites (N-methyl/N-ethyl adjacent to an activating group) is 1. The third-order valence-corrected chi connectivity index (χ3v) is 3.99. The van der Waals surface area contributed by atoms with Crippen molar-refractivity contribution in [3.05, 3.63) is 0 Å². The van der Waals surface area contributed by atoms with Crippen LogP contribution in [-0.2, 0) is 4.74 Å². The van der Waals surface area contributed by atoms with Crippen LogP contribution < -0.4 is 5.32 Å². The highest BCUT2D eigenvalue weighted by Crippen LogP contribution is 2.36. The lowest BCUT2D eigenvalue weighted by molar-refractivity contribution is 0.0499. The Balaban J connectivity index is 2.09. The molecule has 1 aliphatic carbocycles. The predicted molar refractivity (Wildman–Crippen MR) is 74.4 cm³/mol. The second kappa shape index (κ2) is 8.93. The molecular weight excluding hydrogens is 210 g/mol. The van der Waals surface area contributed by atoms with Crippen molar-refractivity contribution in [1.29, 1.82) is 0 Å². The molecule has 0 amide bonds. The topological polar surface area (TPSA) is 21.3 Å². The van der Waals surface area contributed by atoms with Crippen molar-refractivity contribution in [1.82, 2.24) is 5.32 Å². The van der Waals surface area contributed by atoms with Crippen LogP contribution in [0, 0.1) is 5.92 Å².